The normalized spacial score (nSPS) is 23.2. The molecule has 92 valence electrons. The highest BCUT2D eigenvalue weighted by atomic mass is 14.5. The molecule has 3 aliphatic rings. The van der Waals surface area contributed by atoms with Crippen LogP contribution in [0.15, 0.2) is 72.9 Å². The molecule has 0 aromatic heterocycles. The summed E-state index contributed by atoms with van der Waals surface area (Å²) in [6.07, 6.45) is 28.5. The first-order chi connectivity index (χ1) is 8.88. The van der Waals surface area contributed by atoms with Gasteiger partial charge in [-0.05, 0) is 11.8 Å². The second-order valence-electron chi connectivity index (χ2n) is 5.35. The molecular formula is C18H20. The van der Waals surface area contributed by atoms with Crippen LogP contribution in [0.25, 0.3) is 0 Å². The Morgan fingerprint density at radius 1 is 0.611 bits per heavy atom. The van der Waals surface area contributed by atoms with E-state index >= 15 is 0 Å². The van der Waals surface area contributed by atoms with Gasteiger partial charge in [0.05, 0.1) is 0 Å². The Balaban J connectivity index is 2.04. The molecule has 18 heavy (non-hydrogen) atoms. The van der Waals surface area contributed by atoms with Crippen molar-refractivity contribution in [1.82, 2.24) is 0 Å². The number of rotatable bonds is 4. The topological polar surface area (TPSA) is 0 Å². The van der Waals surface area contributed by atoms with Gasteiger partial charge in [0, 0.05) is 17.8 Å². The SMILES string of the molecule is CCC(C1C=CC=C1)(C1C=CC=C1)C1C=CC=C1. The Hall–Kier alpha value is -1.56. The van der Waals surface area contributed by atoms with Gasteiger partial charge in [-0.1, -0.05) is 79.8 Å². The third kappa shape index (κ3) is 1.59. The molecule has 0 unspecified atom stereocenters. The Kier molecular flexibility index (Phi) is 2.95. The first-order valence-corrected chi connectivity index (χ1v) is 6.93. The zero-order valence-electron chi connectivity index (χ0n) is 10.9. The molecular weight excluding hydrogens is 216 g/mol. The van der Waals surface area contributed by atoms with Crippen LogP contribution in [-0.4, -0.2) is 0 Å². The zero-order chi connectivity index (χ0) is 12.4. The van der Waals surface area contributed by atoms with Crippen LogP contribution in [0.4, 0.5) is 0 Å². The van der Waals surface area contributed by atoms with Crippen molar-refractivity contribution in [2.24, 2.45) is 23.2 Å². The predicted molar refractivity (Wildman–Crippen MR) is 78.0 cm³/mol. The van der Waals surface area contributed by atoms with Crippen LogP contribution < -0.4 is 0 Å². The zero-order valence-corrected chi connectivity index (χ0v) is 10.9. The van der Waals surface area contributed by atoms with Crippen molar-refractivity contribution in [3.05, 3.63) is 72.9 Å². The molecule has 0 aromatic rings. The summed E-state index contributed by atoms with van der Waals surface area (Å²) in [6.45, 7) is 2.33. The fourth-order valence-corrected chi connectivity index (χ4v) is 3.74. The van der Waals surface area contributed by atoms with E-state index in [0.717, 1.165) is 0 Å². The van der Waals surface area contributed by atoms with E-state index in [9.17, 15) is 0 Å². The molecule has 0 N–H and O–H groups in total. The fourth-order valence-electron chi connectivity index (χ4n) is 3.74. The van der Waals surface area contributed by atoms with Gasteiger partial charge in [-0.25, -0.2) is 0 Å². The molecule has 0 spiro atoms. The Morgan fingerprint density at radius 3 is 1.11 bits per heavy atom. The molecule has 0 fully saturated rings. The summed E-state index contributed by atoms with van der Waals surface area (Å²) < 4.78 is 0. The molecule has 0 aliphatic heterocycles. The lowest BCUT2D eigenvalue weighted by atomic mass is 9.58. The van der Waals surface area contributed by atoms with Gasteiger partial charge in [-0.2, -0.15) is 0 Å². The second kappa shape index (κ2) is 4.61. The molecule has 0 heteroatoms. The van der Waals surface area contributed by atoms with Crippen molar-refractivity contribution in [2.75, 3.05) is 0 Å². The van der Waals surface area contributed by atoms with Crippen LogP contribution in [0, 0.1) is 23.2 Å². The van der Waals surface area contributed by atoms with Crippen LogP contribution in [0.5, 0.6) is 0 Å². The lowest BCUT2D eigenvalue weighted by molar-refractivity contribution is 0.138. The van der Waals surface area contributed by atoms with Crippen LogP contribution in [0.3, 0.4) is 0 Å². The van der Waals surface area contributed by atoms with E-state index in [1.165, 1.54) is 6.42 Å². The highest BCUT2D eigenvalue weighted by Crippen LogP contribution is 2.52. The molecule has 0 bridgehead atoms. The summed E-state index contributed by atoms with van der Waals surface area (Å²) in [5.41, 5.74) is 0.260. The lowest BCUT2D eigenvalue weighted by Crippen LogP contribution is -2.39. The minimum atomic E-state index is 0.260. The molecule has 3 rings (SSSR count). The standard InChI is InChI=1S/C18H20/c1-2-18(15-9-3-4-10-15,16-11-5-6-12-16)17-13-7-8-14-17/h3-17H,2H2,1H3. The van der Waals surface area contributed by atoms with Crippen molar-refractivity contribution < 1.29 is 0 Å². The first-order valence-electron chi connectivity index (χ1n) is 6.93. The maximum Gasteiger partial charge on any atom is 0.00265 e. The summed E-state index contributed by atoms with van der Waals surface area (Å²) >= 11 is 0. The van der Waals surface area contributed by atoms with Gasteiger partial charge in [0.15, 0.2) is 0 Å². The smallest absolute Gasteiger partial charge is 0.00265 e. The van der Waals surface area contributed by atoms with Gasteiger partial charge in [0.2, 0.25) is 0 Å². The van der Waals surface area contributed by atoms with Crippen molar-refractivity contribution in [3.63, 3.8) is 0 Å². The van der Waals surface area contributed by atoms with Crippen molar-refractivity contribution >= 4 is 0 Å². The number of allylic oxidation sites excluding steroid dienone is 12. The third-order valence-electron chi connectivity index (χ3n) is 4.72. The van der Waals surface area contributed by atoms with E-state index in [0.29, 0.717) is 17.8 Å². The van der Waals surface area contributed by atoms with Crippen molar-refractivity contribution in [2.45, 2.75) is 13.3 Å². The molecule has 0 nitrogen and oxygen atoms in total. The monoisotopic (exact) mass is 236 g/mol. The Morgan fingerprint density at radius 2 is 0.889 bits per heavy atom. The number of hydrogen-bond acceptors (Lipinski definition) is 0. The van der Waals surface area contributed by atoms with Crippen molar-refractivity contribution in [1.29, 1.82) is 0 Å². The van der Waals surface area contributed by atoms with Crippen LogP contribution in [0.1, 0.15) is 13.3 Å². The van der Waals surface area contributed by atoms with Crippen molar-refractivity contribution in [3.8, 4) is 0 Å². The highest BCUT2D eigenvalue weighted by Gasteiger charge is 2.45. The first kappa shape index (κ1) is 11.5. The van der Waals surface area contributed by atoms with Gasteiger partial charge < -0.3 is 0 Å². The van der Waals surface area contributed by atoms with E-state index in [2.05, 4.69) is 79.8 Å². The second-order valence-corrected chi connectivity index (χ2v) is 5.35. The Labute approximate surface area is 110 Å². The summed E-state index contributed by atoms with van der Waals surface area (Å²) in [6, 6.07) is 0. The molecule has 0 atom stereocenters. The molecule has 0 radical (unpaired) electrons. The summed E-state index contributed by atoms with van der Waals surface area (Å²) in [5.74, 6) is 1.62. The van der Waals surface area contributed by atoms with Crippen LogP contribution in [-0.2, 0) is 0 Å². The molecule has 0 amide bonds. The minimum absolute atomic E-state index is 0.260. The quantitative estimate of drug-likeness (QED) is 0.668. The van der Waals surface area contributed by atoms with E-state index in [4.69, 9.17) is 0 Å². The van der Waals surface area contributed by atoms with Crippen LogP contribution >= 0.6 is 0 Å². The molecule has 0 saturated carbocycles. The fraction of sp³-hybridized carbons (Fsp3) is 0.333. The predicted octanol–water partition coefficient (Wildman–Crippen LogP) is 4.61. The van der Waals surface area contributed by atoms with E-state index in [1.807, 2.05) is 0 Å². The maximum absolute atomic E-state index is 2.36. The molecule has 3 aliphatic carbocycles. The van der Waals surface area contributed by atoms with Gasteiger partial charge in [-0.15, -0.1) is 0 Å². The molecule has 0 saturated heterocycles. The average molecular weight is 236 g/mol. The summed E-state index contributed by atoms with van der Waals surface area (Å²) in [5, 5.41) is 0. The van der Waals surface area contributed by atoms with E-state index in [-0.39, 0.29) is 5.41 Å². The maximum atomic E-state index is 2.36. The summed E-state index contributed by atoms with van der Waals surface area (Å²) in [7, 11) is 0. The average Bonchev–Trinajstić information content (AvgIpc) is 3.16. The van der Waals surface area contributed by atoms with Gasteiger partial charge in [-0.3, -0.25) is 0 Å². The third-order valence-corrected chi connectivity index (χ3v) is 4.72. The van der Waals surface area contributed by atoms with E-state index < -0.39 is 0 Å². The molecule has 0 aromatic carbocycles. The molecule has 0 heterocycles. The summed E-state index contributed by atoms with van der Waals surface area (Å²) in [4.78, 5) is 0. The van der Waals surface area contributed by atoms with Gasteiger partial charge >= 0.3 is 0 Å². The highest BCUT2D eigenvalue weighted by molar-refractivity contribution is 5.34. The largest absolute Gasteiger partial charge is 0.0770 e. The van der Waals surface area contributed by atoms with E-state index in [1.54, 1.807) is 0 Å². The lowest BCUT2D eigenvalue weighted by Gasteiger charge is -2.44. The van der Waals surface area contributed by atoms with Crippen LogP contribution in [0.2, 0.25) is 0 Å². The van der Waals surface area contributed by atoms with Gasteiger partial charge in [0.25, 0.3) is 0 Å². The minimum Gasteiger partial charge on any atom is -0.0770 e. The van der Waals surface area contributed by atoms with Gasteiger partial charge in [0.1, 0.15) is 0 Å². The Bertz CT molecular complexity index is 377. The number of hydrogen-bond donors (Lipinski definition) is 0.